The van der Waals surface area contributed by atoms with E-state index in [1.54, 1.807) is 23.2 Å². The number of halogens is 2. The van der Waals surface area contributed by atoms with Crippen LogP contribution in [0.3, 0.4) is 0 Å². The fraction of sp³-hybridized carbons (Fsp3) is 0.476. The lowest BCUT2D eigenvalue weighted by molar-refractivity contribution is 0.0655. The highest BCUT2D eigenvalue weighted by molar-refractivity contribution is 6.28. The Morgan fingerprint density at radius 2 is 1.97 bits per heavy atom. The van der Waals surface area contributed by atoms with E-state index in [2.05, 4.69) is 20.2 Å². The Labute approximate surface area is 175 Å². The number of nitrogens with one attached hydrogen (secondary N) is 1. The van der Waals surface area contributed by atoms with Gasteiger partial charge in [-0.2, -0.15) is 0 Å². The lowest BCUT2D eigenvalue weighted by Crippen LogP contribution is -2.54. The summed E-state index contributed by atoms with van der Waals surface area (Å²) in [5.74, 6) is -0.220. The largest absolute Gasteiger partial charge is 0.330 e. The average Bonchev–Trinajstić information content (AvgIpc) is 2.98. The quantitative estimate of drug-likeness (QED) is 0.770. The van der Waals surface area contributed by atoms with Crippen molar-refractivity contribution in [2.75, 3.05) is 25.5 Å². The highest BCUT2D eigenvalue weighted by Crippen LogP contribution is 2.46. The Hall–Kier alpha value is -2.25. The third-order valence-electron chi connectivity index (χ3n) is 6.55. The number of urea groups is 1. The van der Waals surface area contributed by atoms with E-state index >= 15 is 0 Å². The van der Waals surface area contributed by atoms with Crippen LogP contribution in [0.1, 0.15) is 36.9 Å². The first-order valence-corrected chi connectivity index (χ1v) is 10.1. The number of aryl methyl sites for hydroxylation is 1. The summed E-state index contributed by atoms with van der Waals surface area (Å²) in [5, 5.41) is 3.38. The van der Waals surface area contributed by atoms with Gasteiger partial charge in [-0.1, -0.05) is 12.1 Å². The fourth-order valence-corrected chi connectivity index (χ4v) is 4.97. The van der Waals surface area contributed by atoms with Gasteiger partial charge in [-0.05, 0) is 76.0 Å². The third-order valence-corrected chi connectivity index (χ3v) is 6.73. The molecule has 8 heteroatoms. The number of nitrogens with zero attached hydrogens (tertiary/aromatic N) is 4. The molecule has 154 valence electrons. The molecule has 1 aliphatic heterocycles. The SMILES string of the molecule is Cc1nc(Cl)ncc1N1CC2(CCC(c3cccc(F)c3)(N(C)C)CC2)NC1=O. The topological polar surface area (TPSA) is 61.4 Å². The Balaban J connectivity index is 1.57. The predicted octanol–water partition coefficient (Wildman–Crippen LogP) is 3.88. The smallest absolute Gasteiger partial charge is 0.322 e. The predicted molar refractivity (Wildman–Crippen MR) is 111 cm³/mol. The molecule has 0 atom stereocenters. The number of anilines is 1. The van der Waals surface area contributed by atoms with E-state index in [9.17, 15) is 9.18 Å². The first-order valence-electron chi connectivity index (χ1n) is 9.77. The molecule has 29 heavy (non-hydrogen) atoms. The molecule has 1 saturated carbocycles. The first-order chi connectivity index (χ1) is 13.7. The molecular formula is C21H25ClFN5O. The lowest BCUT2D eigenvalue weighted by Gasteiger charge is -2.48. The van der Waals surface area contributed by atoms with Gasteiger partial charge in [0.05, 0.1) is 29.7 Å². The summed E-state index contributed by atoms with van der Waals surface area (Å²) in [6.07, 6.45) is 4.86. The lowest BCUT2D eigenvalue weighted by atomic mass is 9.69. The van der Waals surface area contributed by atoms with Gasteiger partial charge < -0.3 is 5.32 Å². The number of amides is 2. The minimum atomic E-state index is -0.310. The van der Waals surface area contributed by atoms with Crippen LogP contribution < -0.4 is 10.2 Å². The standard InChI is InChI=1S/C21H25ClFN5O/c1-14-17(12-24-18(22)25-14)28-13-20(26-19(28)29)7-9-21(10-8-20,27(2)3)15-5-4-6-16(23)11-15/h4-6,11-12H,7-10,13H2,1-3H3,(H,26,29). The zero-order valence-corrected chi connectivity index (χ0v) is 17.6. The molecule has 1 aliphatic carbocycles. The second-order valence-corrected chi connectivity index (χ2v) is 8.68. The van der Waals surface area contributed by atoms with Crippen molar-refractivity contribution in [1.29, 1.82) is 0 Å². The molecule has 0 bridgehead atoms. The summed E-state index contributed by atoms with van der Waals surface area (Å²) in [5.41, 5.74) is 1.79. The van der Waals surface area contributed by atoms with Crippen molar-refractivity contribution in [3.8, 4) is 0 Å². The average molecular weight is 418 g/mol. The van der Waals surface area contributed by atoms with Crippen LogP contribution in [0.15, 0.2) is 30.5 Å². The molecule has 1 aromatic heterocycles. The molecule has 2 fully saturated rings. The van der Waals surface area contributed by atoms with E-state index in [0.29, 0.717) is 17.9 Å². The van der Waals surface area contributed by atoms with Crippen LogP contribution in [0, 0.1) is 12.7 Å². The number of rotatable bonds is 3. The van der Waals surface area contributed by atoms with Crippen LogP contribution >= 0.6 is 11.6 Å². The molecule has 2 aromatic rings. The zero-order valence-electron chi connectivity index (χ0n) is 16.9. The van der Waals surface area contributed by atoms with E-state index in [1.807, 2.05) is 27.1 Å². The molecule has 1 spiro atoms. The number of carbonyl (C=O) groups excluding carboxylic acids is 1. The number of benzene rings is 1. The number of hydrogen-bond acceptors (Lipinski definition) is 4. The molecule has 2 amide bonds. The number of carbonyl (C=O) groups is 1. The van der Waals surface area contributed by atoms with Crippen LogP contribution in [0.2, 0.25) is 5.28 Å². The second kappa shape index (κ2) is 7.22. The first kappa shape index (κ1) is 20.0. The minimum Gasteiger partial charge on any atom is -0.330 e. The van der Waals surface area contributed by atoms with E-state index in [1.165, 1.54) is 6.07 Å². The number of hydrogen-bond donors (Lipinski definition) is 1. The molecule has 1 saturated heterocycles. The van der Waals surface area contributed by atoms with Crippen molar-refractivity contribution in [1.82, 2.24) is 20.2 Å². The van der Waals surface area contributed by atoms with Gasteiger partial charge in [0, 0.05) is 5.54 Å². The van der Waals surface area contributed by atoms with Crippen LogP contribution in [-0.2, 0) is 5.54 Å². The Bertz CT molecular complexity index is 942. The van der Waals surface area contributed by atoms with Crippen molar-refractivity contribution in [3.05, 3.63) is 52.8 Å². The molecular weight excluding hydrogens is 393 g/mol. The van der Waals surface area contributed by atoms with E-state index in [-0.39, 0.29) is 28.2 Å². The third kappa shape index (κ3) is 3.46. The Morgan fingerprint density at radius 3 is 2.59 bits per heavy atom. The Kier molecular flexibility index (Phi) is 4.99. The van der Waals surface area contributed by atoms with Gasteiger partial charge in [0.2, 0.25) is 5.28 Å². The highest BCUT2D eigenvalue weighted by atomic mass is 35.5. The summed E-state index contributed by atoms with van der Waals surface area (Å²) < 4.78 is 13.9. The van der Waals surface area contributed by atoms with Gasteiger partial charge in [0.1, 0.15) is 5.82 Å². The second-order valence-electron chi connectivity index (χ2n) is 8.34. The molecule has 4 rings (SSSR count). The summed E-state index contributed by atoms with van der Waals surface area (Å²) in [6.45, 7) is 2.38. The molecule has 0 radical (unpaired) electrons. The van der Waals surface area contributed by atoms with Gasteiger partial charge in [0.15, 0.2) is 0 Å². The van der Waals surface area contributed by atoms with E-state index in [0.717, 1.165) is 31.2 Å². The molecule has 6 nitrogen and oxygen atoms in total. The molecule has 1 N–H and O–H groups in total. The van der Waals surface area contributed by atoms with Gasteiger partial charge in [0.25, 0.3) is 0 Å². The maximum absolute atomic E-state index is 13.9. The molecule has 2 aliphatic rings. The van der Waals surface area contributed by atoms with E-state index in [4.69, 9.17) is 11.6 Å². The van der Waals surface area contributed by atoms with Gasteiger partial charge in [-0.15, -0.1) is 0 Å². The Morgan fingerprint density at radius 1 is 1.24 bits per heavy atom. The van der Waals surface area contributed by atoms with Gasteiger partial charge in [-0.25, -0.2) is 19.2 Å². The molecule has 0 unspecified atom stereocenters. The van der Waals surface area contributed by atoms with Crippen LogP contribution in [-0.4, -0.2) is 47.1 Å². The van der Waals surface area contributed by atoms with Crippen molar-refractivity contribution in [3.63, 3.8) is 0 Å². The summed E-state index contributed by atoms with van der Waals surface area (Å²) >= 11 is 5.86. The maximum Gasteiger partial charge on any atom is 0.322 e. The van der Waals surface area contributed by atoms with Crippen LogP contribution in [0.4, 0.5) is 14.9 Å². The van der Waals surface area contributed by atoms with Crippen molar-refractivity contribution < 1.29 is 9.18 Å². The van der Waals surface area contributed by atoms with Crippen LogP contribution in [0.25, 0.3) is 0 Å². The van der Waals surface area contributed by atoms with Crippen LogP contribution in [0.5, 0.6) is 0 Å². The normalized spacial score (nSPS) is 27.0. The van der Waals surface area contributed by atoms with Crippen molar-refractivity contribution >= 4 is 23.3 Å². The highest BCUT2D eigenvalue weighted by Gasteiger charge is 2.50. The van der Waals surface area contributed by atoms with Crippen molar-refractivity contribution in [2.24, 2.45) is 0 Å². The molecule has 2 heterocycles. The summed E-state index contributed by atoms with van der Waals surface area (Å²) in [7, 11) is 4.08. The van der Waals surface area contributed by atoms with Gasteiger partial charge >= 0.3 is 6.03 Å². The van der Waals surface area contributed by atoms with E-state index < -0.39 is 0 Å². The minimum absolute atomic E-state index is 0.137. The monoisotopic (exact) mass is 417 g/mol. The molecule has 1 aromatic carbocycles. The summed E-state index contributed by atoms with van der Waals surface area (Å²) in [4.78, 5) is 24.9. The maximum atomic E-state index is 13.9. The van der Waals surface area contributed by atoms with Crippen molar-refractivity contribution in [2.45, 2.75) is 43.7 Å². The number of aromatic nitrogens is 2. The summed E-state index contributed by atoms with van der Waals surface area (Å²) in [6, 6.07) is 6.73. The fourth-order valence-electron chi connectivity index (χ4n) is 4.80. The zero-order chi connectivity index (χ0) is 20.8. The van der Waals surface area contributed by atoms with Gasteiger partial charge in [-0.3, -0.25) is 9.80 Å².